The Morgan fingerprint density at radius 2 is 1.84 bits per heavy atom. The molecule has 2 aromatic carbocycles. The van der Waals surface area contributed by atoms with Gasteiger partial charge >= 0.3 is 0 Å². The predicted octanol–water partition coefficient (Wildman–Crippen LogP) is 3.11. The summed E-state index contributed by atoms with van der Waals surface area (Å²) in [4.78, 5) is 13.0. The molecule has 4 rings (SSSR count). The van der Waals surface area contributed by atoms with Crippen LogP contribution in [0.2, 0.25) is 0 Å². The zero-order valence-corrected chi connectivity index (χ0v) is 14.0. The number of aromatic nitrogens is 4. The number of ether oxygens (including phenoxy) is 1. The first-order chi connectivity index (χ1) is 12.2. The number of amides is 1. The van der Waals surface area contributed by atoms with Crippen LogP contribution < -0.4 is 10.1 Å². The van der Waals surface area contributed by atoms with Crippen molar-refractivity contribution >= 4 is 27.3 Å². The van der Waals surface area contributed by atoms with Crippen LogP contribution in [0.25, 0.3) is 16.3 Å². The average Bonchev–Trinajstić information content (AvgIpc) is 3.22. The van der Waals surface area contributed by atoms with Crippen molar-refractivity contribution < 1.29 is 9.53 Å². The van der Waals surface area contributed by atoms with Crippen molar-refractivity contribution in [3.8, 4) is 17.1 Å². The number of hydrogen-bond donors (Lipinski definition) is 1. The maximum absolute atomic E-state index is 12.3. The van der Waals surface area contributed by atoms with E-state index < -0.39 is 0 Å². The number of anilines is 1. The van der Waals surface area contributed by atoms with Crippen molar-refractivity contribution in [1.29, 1.82) is 0 Å². The smallest absolute Gasteiger partial charge is 0.257 e. The Kier molecular flexibility index (Phi) is 3.87. The Hall–Kier alpha value is -3.26. The molecule has 0 aliphatic rings. The molecule has 4 aromatic rings. The van der Waals surface area contributed by atoms with Crippen LogP contribution in [0, 0.1) is 0 Å². The molecule has 1 amide bonds. The second kappa shape index (κ2) is 6.33. The molecule has 2 aromatic heterocycles. The van der Waals surface area contributed by atoms with Gasteiger partial charge in [0.05, 0.1) is 7.11 Å². The number of fused-ring (bicyclic) bond motifs is 1. The monoisotopic (exact) mass is 351 g/mol. The van der Waals surface area contributed by atoms with E-state index in [-0.39, 0.29) is 5.91 Å². The van der Waals surface area contributed by atoms with Crippen LogP contribution in [0.5, 0.6) is 5.75 Å². The van der Waals surface area contributed by atoms with E-state index in [4.69, 9.17) is 4.74 Å². The minimum Gasteiger partial charge on any atom is -0.497 e. The maximum atomic E-state index is 12.3. The Bertz CT molecular complexity index is 1020. The van der Waals surface area contributed by atoms with Crippen molar-refractivity contribution in [2.45, 2.75) is 0 Å². The molecule has 0 spiro atoms. The van der Waals surface area contributed by atoms with Gasteiger partial charge in [-0.25, -0.2) is 0 Å². The number of benzene rings is 2. The summed E-state index contributed by atoms with van der Waals surface area (Å²) in [5.41, 5.74) is 1.43. The van der Waals surface area contributed by atoms with E-state index in [0.717, 1.165) is 5.56 Å². The highest BCUT2D eigenvalue weighted by Crippen LogP contribution is 2.24. The lowest BCUT2D eigenvalue weighted by Crippen LogP contribution is -2.11. The minimum atomic E-state index is -0.242. The van der Waals surface area contributed by atoms with Gasteiger partial charge in [-0.1, -0.05) is 41.7 Å². The third-order valence-electron chi connectivity index (χ3n) is 3.60. The van der Waals surface area contributed by atoms with E-state index in [1.807, 2.05) is 30.3 Å². The summed E-state index contributed by atoms with van der Waals surface area (Å²) in [6.07, 6.45) is 0. The Morgan fingerprint density at radius 3 is 2.56 bits per heavy atom. The van der Waals surface area contributed by atoms with E-state index in [1.54, 1.807) is 35.9 Å². The summed E-state index contributed by atoms with van der Waals surface area (Å²) in [7, 11) is 1.58. The number of nitrogens with one attached hydrogen (secondary N) is 1. The molecule has 0 atom stereocenters. The molecule has 8 heteroatoms. The van der Waals surface area contributed by atoms with Crippen LogP contribution in [0.3, 0.4) is 0 Å². The quantitative estimate of drug-likeness (QED) is 0.611. The maximum Gasteiger partial charge on any atom is 0.257 e. The van der Waals surface area contributed by atoms with Crippen molar-refractivity contribution in [2.24, 2.45) is 0 Å². The van der Waals surface area contributed by atoms with E-state index >= 15 is 0 Å². The molecule has 0 fully saturated rings. The number of rotatable bonds is 4. The van der Waals surface area contributed by atoms with Crippen LogP contribution >= 0.6 is 11.3 Å². The third-order valence-corrected chi connectivity index (χ3v) is 4.41. The molecular weight excluding hydrogens is 338 g/mol. The van der Waals surface area contributed by atoms with Crippen LogP contribution in [0.15, 0.2) is 54.6 Å². The SMILES string of the molecule is COc1ccc(C(=O)Nc2nn3c(-c4ccccc4)nnc3s2)cc1. The van der Waals surface area contributed by atoms with Gasteiger partial charge in [0.15, 0.2) is 5.82 Å². The van der Waals surface area contributed by atoms with Crippen LogP contribution in [0.4, 0.5) is 5.13 Å². The second-order valence-electron chi connectivity index (χ2n) is 5.17. The van der Waals surface area contributed by atoms with Crippen molar-refractivity contribution in [1.82, 2.24) is 19.8 Å². The average molecular weight is 351 g/mol. The van der Waals surface area contributed by atoms with Gasteiger partial charge in [-0.05, 0) is 24.3 Å². The van der Waals surface area contributed by atoms with E-state index in [2.05, 4.69) is 20.6 Å². The third kappa shape index (κ3) is 2.94. The van der Waals surface area contributed by atoms with Gasteiger partial charge in [0.1, 0.15) is 5.75 Å². The summed E-state index contributed by atoms with van der Waals surface area (Å²) in [6.45, 7) is 0. The summed E-state index contributed by atoms with van der Waals surface area (Å²) >= 11 is 1.27. The highest BCUT2D eigenvalue weighted by atomic mass is 32.1. The van der Waals surface area contributed by atoms with Crippen molar-refractivity contribution in [2.75, 3.05) is 12.4 Å². The molecule has 0 saturated carbocycles. The zero-order valence-electron chi connectivity index (χ0n) is 13.2. The van der Waals surface area contributed by atoms with Gasteiger partial charge in [-0.15, -0.1) is 15.3 Å². The first-order valence-corrected chi connectivity index (χ1v) is 8.29. The molecule has 124 valence electrons. The van der Waals surface area contributed by atoms with Gasteiger partial charge in [0.25, 0.3) is 5.91 Å². The minimum absolute atomic E-state index is 0.242. The Morgan fingerprint density at radius 1 is 1.08 bits per heavy atom. The van der Waals surface area contributed by atoms with E-state index in [1.165, 1.54) is 11.3 Å². The fourth-order valence-corrected chi connectivity index (χ4v) is 3.08. The van der Waals surface area contributed by atoms with Crippen LogP contribution in [-0.4, -0.2) is 32.8 Å². The fraction of sp³-hybridized carbons (Fsp3) is 0.0588. The van der Waals surface area contributed by atoms with Gasteiger partial charge in [-0.3, -0.25) is 10.1 Å². The highest BCUT2D eigenvalue weighted by Gasteiger charge is 2.15. The van der Waals surface area contributed by atoms with E-state index in [9.17, 15) is 4.79 Å². The first kappa shape index (κ1) is 15.3. The van der Waals surface area contributed by atoms with Gasteiger partial charge in [-0.2, -0.15) is 4.52 Å². The molecular formula is C17H13N5O2S. The van der Waals surface area contributed by atoms with Crippen LogP contribution in [0.1, 0.15) is 10.4 Å². The number of carbonyl (C=O) groups excluding carboxylic acids is 1. The lowest BCUT2D eigenvalue weighted by Gasteiger charge is -2.03. The normalized spacial score (nSPS) is 10.8. The molecule has 0 unspecified atom stereocenters. The Labute approximate surface area is 146 Å². The summed E-state index contributed by atoms with van der Waals surface area (Å²) in [5.74, 6) is 1.09. The second-order valence-corrected chi connectivity index (χ2v) is 6.13. The summed E-state index contributed by atoms with van der Waals surface area (Å²) < 4.78 is 6.72. The molecule has 0 aliphatic heterocycles. The number of nitrogens with zero attached hydrogens (tertiary/aromatic N) is 4. The molecule has 7 nitrogen and oxygen atoms in total. The van der Waals surface area contributed by atoms with Crippen molar-refractivity contribution in [3.63, 3.8) is 0 Å². The lowest BCUT2D eigenvalue weighted by molar-refractivity contribution is 0.102. The number of carbonyl (C=O) groups is 1. The molecule has 2 heterocycles. The zero-order chi connectivity index (χ0) is 17.2. The number of methoxy groups -OCH3 is 1. The van der Waals surface area contributed by atoms with Crippen molar-refractivity contribution in [3.05, 3.63) is 60.2 Å². The molecule has 1 N–H and O–H groups in total. The Balaban J connectivity index is 1.60. The lowest BCUT2D eigenvalue weighted by atomic mass is 10.2. The van der Waals surface area contributed by atoms with Gasteiger partial charge in [0.2, 0.25) is 10.1 Å². The van der Waals surface area contributed by atoms with Gasteiger partial charge < -0.3 is 4.74 Å². The predicted molar refractivity (Wildman–Crippen MR) is 95.0 cm³/mol. The molecule has 0 aliphatic carbocycles. The topological polar surface area (TPSA) is 81.4 Å². The largest absolute Gasteiger partial charge is 0.497 e. The van der Waals surface area contributed by atoms with Gasteiger partial charge in [0, 0.05) is 11.1 Å². The molecule has 0 bridgehead atoms. The fourth-order valence-electron chi connectivity index (χ4n) is 2.35. The van der Waals surface area contributed by atoms with E-state index in [0.29, 0.717) is 27.2 Å². The van der Waals surface area contributed by atoms with Crippen LogP contribution in [-0.2, 0) is 0 Å². The first-order valence-electron chi connectivity index (χ1n) is 7.47. The molecule has 25 heavy (non-hydrogen) atoms. The summed E-state index contributed by atoms with van der Waals surface area (Å²) in [6, 6.07) is 16.5. The highest BCUT2D eigenvalue weighted by molar-refractivity contribution is 7.20. The summed E-state index contributed by atoms with van der Waals surface area (Å²) in [5, 5.41) is 15.9. The number of hydrogen-bond acceptors (Lipinski definition) is 6. The molecule has 0 radical (unpaired) electrons. The molecule has 0 saturated heterocycles. The standard InChI is InChI=1S/C17H13N5O2S/c1-24-13-9-7-12(8-10-13)15(23)18-16-21-22-14(19-20-17(22)25-16)11-5-3-2-4-6-11/h2-10H,1H3,(H,18,21,23).